The molecule has 0 aliphatic rings. The van der Waals surface area contributed by atoms with Gasteiger partial charge in [-0.3, -0.25) is 0 Å². The van der Waals surface area contributed by atoms with Crippen molar-refractivity contribution in [2.45, 2.75) is 13.0 Å². The van der Waals surface area contributed by atoms with Crippen molar-refractivity contribution < 1.29 is 4.74 Å². The van der Waals surface area contributed by atoms with Gasteiger partial charge in [0, 0.05) is 25.3 Å². The molecule has 0 N–H and O–H groups in total. The second kappa shape index (κ2) is 4.59. The zero-order chi connectivity index (χ0) is 10.7. The molecule has 2 aromatic rings. The van der Waals surface area contributed by atoms with Gasteiger partial charge in [0.15, 0.2) is 0 Å². The molecular formula is C10H12ClN3O. The molecule has 0 amide bonds. The van der Waals surface area contributed by atoms with Crippen LogP contribution in [0.4, 0.5) is 0 Å². The van der Waals surface area contributed by atoms with Crippen molar-refractivity contribution in [3.05, 3.63) is 23.2 Å². The van der Waals surface area contributed by atoms with Gasteiger partial charge in [0.25, 0.3) is 0 Å². The minimum atomic E-state index is 0.706. The monoisotopic (exact) mass is 225 g/mol. The molecule has 0 bridgehead atoms. The average Bonchev–Trinajstić information content (AvgIpc) is 2.62. The molecule has 0 fully saturated rings. The molecule has 0 saturated carbocycles. The van der Waals surface area contributed by atoms with E-state index in [4.69, 9.17) is 16.3 Å². The molecule has 0 spiro atoms. The lowest BCUT2D eigenvalue weighted by Gasteiger charge is -2.01. The normalized spacial score (nSPS) is 11.1. The Labute approximate surface area is 92.8 Å². The molecule has 1 aromatic carbocycles. The maximum Gasteiger partial charge on any atom is 0.113 e. The summed E-state index contributed by atoms with van der Waals surface area (Å²) in [5.74, 6) is 0. The number of hydrogen-bond donors (Lipinski definition) is 0. The van der Waals surface area contributed by atoms with E-state index in [0.717, 1.165) is 30.6 Å². The van der Waals surface area contributed by atoms with Crippen LogP contribution in [0.15, 0.2) is 18.2 Å². The number of aryl methyl sites for hydroxylation is 1. The Balaban J connectivity index is 2.23. The van der Waals surface area contributed by atoms with Gasteiger partial charge in [0.1, 0.15) is 5.52 Å². The lowest BCUT2D eigenvalue weighted by atomic mass is 10.3. The van der Waals surface area contributed by atoms with Gasteiger partial charge in [-0.2, -0.15) is 0 Å². The highest BCUT2D eigenvalue weighted by Gasteiger charge is 2.04. The third kappa shape index (κ3) is 2.27. The second-order valence-electron chi connectivity index (χ2n) is 3.29. The van der Waals surface area contributed by atoms with E-state index >= 15 is 0 Å². The molecule has 0 aliphatic heterocycles. The van der Waals surface area contributed by atoms with Crippen molar-refractivity contribution in [3.63, 3.8) is 0 Å². The van der Waals surface area contributed by atoms with E-state index in [2.05, 4.69) is 10.3 Å². The van der Waals surface area contributed by atoms with Crippen LogP contribution in [0, 0.1) is 0 Å². The summed E-state index contributed by atoms with van der Waals surface area (Å²) in [5, 5.41) is 8.82. The Bertz CT molecular complexity index is 455. The van der Waals surface area contributed by atoms with Gasteiger partial charge in [-0.1, -0.05) is 16.8 Å². The van der Waals surface area contributed by atoms with Crippen molar-refractivity contribution in [2.75, 3.05) is 13.7 Å². The molecule has 5 heteroatoms. The number of benzene rings is 1. The minimum absolute atomic E-state index is 0.706. The maximum absolute atomic E-state index is 5.92. The zero-order valence-electron chi connectivity index (χ0n) is 8.48. The van der Waals surface area contributed by atoms with Crippen LogP contribution in [0.1, 0.15) is 6.42 Å². The number of hydrogen-bond acceptors (Lipinski definition) is 3. The Morgan fingerprint density at radius 2 is 2.33 bits per heavy atom. The first-order valence-electron chi connectivity index (χ1n) is 4.79. The van der Waals surface area contributed by atoms with Crippen LogP contribution in [-0.4, -0.2) is 28.7 Å². The van der Waals surface area contributed by atoms with E-state index in [1.54, 1.807) is 7.11 Å². The summed E-state index contributed by atoms with van der Waals surface area (Å²) in [7, 11) is 1.69. The standard InChI is InChI=1S/C10H12ClN3O/c1-15-6-2-5-14-10-7-8(11)3-4-9(10)12-13-14/h3-4,7H,2,5-6H2,1H3. The van der Waals surface area contributed by atoms with Crippen LogP contribution in [0.25, 0.3) is 11.0 Å². The van der Waals surface area contributed by atoms with Crippen LogP contribution in [0.2, 0.25) is 5.02 Å². The second-order valence-corrected chi connectivity index (χ2v) is 3.73. The van der Waals surface area contributed by atoms with Crippen molar-refractivity contribution >= 4 is 22.6 Å². The highest BCUT2D eigenvalue weighted by atomic mass is 35.5. The van der Waals surface area contributed by atoms with Crippen molar-refractivity contribution in [1.82, 2.24) is 15.0 Å². The number of rotatable bonds is 4. The number of methoxy groups -OCH3 is 1. The molecular weight excluding hydrogens is 214 g/mol. The smallest absolute Gasteiger partial charge is 0.113 e. The van der Waals surface area contributed by atoms with Crippen molar-refractivity contribution in [3.8, 4) is 0 Å². The van der Waals surface area contributed by atoms with Gasteiger partial charge in [-0.15, -0.1) is 5.10 Å². The fraction of sp³-hybridized carbons (Fsp3) is 0.400. The molecule has 0 unspecified atom stereocenters. The summed E-state index contributed by atoms with van der Waals surface area (Å²) in [6.45, 7) is 1.52. The van der Waals surface area contributed by atoms with Gasteiger partial charge >= 0.3 is 0 Å². The molecule has 2 rings (SSSR count). The molecule has 1 aromatic heterocycles. The first-order valence-corrected chi connectivity index (χ1v) is 5.17. The van der Waals surface area contributed by atoms with E-state index in [1.165, 1.54) is 0 Å². The molecule has 0 atom stereocenters. The van der Waals surface area contributed by atoms with E-state index < -0.39 is 0 Å². The lowest BCUT2D eigenvalue weighted by molar-refractivity contribution is 0.189. The van der Waals surface area contributed by atoms with Crippen LogP contribution in [0.5, 0.6) is 0 Å². The quantitative estimate of drug-likeness (QED) is 0.749. The van der Waals surface area contributed by atoms with Gasteiger partial charge in [-0.05, 0) is 24.6 Å². The molecule has 4 nitrogen and oxygen atoms in total. The van der Waals surface area contributed by atoms with Crippen LogP contribution in [0.3, 0.4) is 0 Å². The first kappa shape index (κ1) is 10.4. The van der Waals surface area contributed by atoms with Crippen molar-refractivity contribution in [1.29, 1.82) is 0 Å². The van der Waals surface area contributed by atoms with E-state index in [0.29, 0.717) is 5.02 Å². The fourth-order valence-corrected chi connectivity index (χ4v) is 1.63. The number of nitrogens with zero attached hydrogens (tertiary/aromatic N) is 3. The number of halogens is 1. The van der Waals surface area contributed by atoms with E-state index in [9.17, 15) is 0 Å². The third-order valence-electron chi connectivity index (χ3n) is 2.19. The summed E-state index contributed by atoms with van der Waals surface area (Å²) in [6.07, 6.45) is 0.918. The Kier molecular flexibility index (Phi) is 3.18. The first-order chi connectivity index (χ1) is 7.31. The largest absolute Gasteiger partial charge is 0.385 e. The summed E-state index contributed by atoms with van der Waals surface area (Å²) in [5.41, 5.74) is 1.84. The summed E-state index contributed by atoms with van der Waals surface area (Å²) in [4.78, 5) is 0. The topological polar surface area (TPSA) is 39.9 Å². The maximum atomic E-state index is 5.92. The van der Waals surface area contributed by atoms with E-state index in [-0.39, 0.29) is 0 Å². The van der Waals surface area contributed by atoms with E-state index in [1.807, 2.05) is 22.9 Å². The summed E-state index contributed by atoms with van der Waals surface area (Å²) < 4.78 is 6.84. The summed E-state index contributed by atoms with van der Waals surface area (Å²) in [6, 6.07) is 5.57. The predicted molar refractivity (Wildman–Crippen MR) is 59.0 cm³/mol. The van der Waals surface area contributed by atoms with Crippen molar-refractivity contribution in [2.24, 2.45) is 0 Å². The summed E-state index contributed by atoms with van der Waals surface area (Å²) >= 11 is 5.92. The molecule has 1 heterocycles. The Morgan fingerprint density at radius 3 is 3.13 bits per heavy atom. The van der Waals surface area contributed by atoms with Gasteiger partial charge < -0.3 is 4.74 Å². The molecule has 15 heavy (non-hydrogen) atoms. The number of fused-ring (bicyclic) bond motifs is 1. The molecule has 0 aliphatic carbocycles. The van der Waals surface area contributed by atoms with Gasteiger partial charge in [-0.25, -0.2) is 4.68 Å². The molecule has 0 radical (unpaired) electrons. The minimum Gasteiger partial charge on any atom is -0.385 e. The lowest BCUT2D eigenvalue weighted by Crippen LogP contribution is -2.03. The number of aromatic nitrogens is 3. The fourth-order valence-electron chi connectivity index (χ4n) is 1.46. The van der Waals surface area contributed by atoms with Crippen LogP contribution >= 0.6 is 11.6 Å². The van der Waals surface area contributed by atoms with Crippen LogP contribution in [-0.2, 0) is 11.3 Å². The third-order valence-corrected chi connectivity index (χ3v) is 2.43. The zero-order valence-corrected chi connectivity index (χ0v) is 9.24. The Morgan fingerprint density at radius 1 is 1.47 bits per heavy atom. The predicted octanol–water partition coefficient (Wildman–Crippen LogP) is 2.12. The highest BCUT2D eigenvalue weighted by Crippen LogP contribution is 2.17. The highest BCUT2D eigenvalue weighted by molar-refractivity contribution is 6.31. The van der Waals surface area contributed by atoms with Gasteiger partial charge in [0.2, 0.25) is 0 Å². The van der Waals surface area contributed by atoms with Gasteiger partial charge in [0.05, 0.1) is 5.52 Å². The SMILES string of the molecule is COCCCn1nnc2ccc(Cl)cc21. The molecule has 80 valence electrons. The average molecular weight is 226 g/mol. The number of ether oxygens (including phenoxy) is 1. The molecule has 0 saturated heterocycles. The van der Waals surface area contributed by atoms with Crippen LogP contribution < -0.4 is 0 Å². The Hall–Kier alpha value is -1.13.